The predicted molar refractivity (Wildman–Crippen MR) is 86.9 cm³/mol. The molecule has 4 heteroatoms. The summed E-state index contributed by atoms with van der Waals surface area (Å²) in [6.45, 7) is 0. The third-order valence-corrected chi connectivity index (χ3v) is 3.74. The van der Waals surface area contributed by atoms with Gasteiger partial charge in [-0.15, -0.1) is 0 Å². The van der Waals surface area contributed by atoms with Crippen molar-refractivity contribution in [2.45, 2.75) is 0 Å². The molecule has 0 atom stereocenters. The minimum Gasteiger partial charge on any atom is -0.505 e. The van der Waals surface area contributed by atoms with Crippen molar-refractivity contribution < 1.29 is 9.90 Å². The number of aliphatic imine (C=N–C) groups is 1. The van der Waals surface area contributed by atoms with Gasteiger partial charge in [0.25, 0.3) is 0 Å². The third kappa shape index (κ3) is 1.85. The van der Waals surface area contributed by atoms with Crippen LogP contribution in [0.25, 0.3) is 17.0 Å². The zero-order valence-electron chi connectivity index (χ0n) is 11.6. The Bertz CT molecular complexity index is 964. The average molecular weight is 288 g/mol. The summed E-state index contributed by atoms with van der Waals surface area (Å²) in [6.07, 6.45) is 3.31. The van der Waals surface area contributed by atoms with Crippen molar-refractivity contribution in [1.29, 1.82) is 0 Å². The maximum Gasteiger partial charge on any atom is 0.213 e. The Morgan fingerprint density at radius 3 is 2.59 bits per heavy atom. The zero-order valence-corrected chi connectivity index (χ0v) is 11.6. The lowest BCUT2D eigenvalue weighted by Crippen LogP contribution is -2.05. The lowest BCUT2D eigenvalue weighted by atomic mass is 10.1. The molecule has 0 radical (unpaired) electrons. The highest BCUT2D eigenvalue weighted by Crippen LogP contribution is 2.30. The smallest absolute Gasteiger partial charge is 0.213 e. The molecule has 106 valence electrons. The molecule has 4 nitrogen and oxygen atoms in total. The Hall–Kier alpha value is -3.14. The van der Waals surface area contributed by atoms with E-state index in [0.717, 1.165) is 10.9 Å². The highest BCUT2D eigenvalue weighted by molar-refractivity contribution is 6.53. The van der Waals surface area contributed by atoms with E-state index in [-0.39, 0.29) is 11.5 Å². The van der Waals surface area contributed by atoms with E-state index in [1.54, 1.807) is 18.2 Å². The van der Waals surface area contributed by atoms with E-state index >= 15 is 0 Å². The van der Waals surface area contributed by atoms with Gasteiger partial charge < -0.3 is 10.1 Å². The van der Waals surface area contributed by atoms with Crippen molar-refractivity contribution in [3.05, 3.63) is 65.9 Å². The number of aromatic hydroxyl groups is 1. The van der Waals surface area contributed by atoms with Crippen LogP contribution < -0.4 is 0 Å². The van der Waals surface area contributed by atoms with Crippen molar-refractivity contribution in [2.24, 2.45) is 4.99 Å². The van der Waals surface area contributed by atoms with Crippen LogP contribution in [0.4, 0.5) is 5.69 Å². The number of hydrogen-bond acceptors (Lipinski definition) is 3. The highest BCUT2D eigenvalue weighted by atomic mass is 16.3. The van der Waals surface area contributed by atoms with Crippen molar-refractivity contribution in [2.75, 3.05) is 0 Å². The molecule has 1 aliphatic rings. The number of allylic oxidation sites excluding steroid dienone is 1. The van der Waals surface area contributed by atoms with Gasteiger partial charge in [0.05, 0.1) is 11.4 Å². The fourth-order valence-electron chi connectivity index (χ4n) is 2.63. The summed E-state index contributed by atoms with van der Waals surface area (Å²) in [5, 5.41) is 11.0. The molecular formula is C18H12N2O2. The number of fused-ring (bicyclic) bond motifs is 2. The fourth-order valence-corrected chi connectivity index (χ4v) is 2.63. The average Bonchev–Trinajstić information content (AvgIpc) is 3.04. The van der Waals surface area contributed by atoms with Gasteiger partial charge in [-0.2, -0.15) is 0 Å². The van der Waals surface area contributed by atoms with Crippen molar-refractivity contribution in [1.82, 2.24) is 4.98 Å². The van der Waals surface area contributed by atoms with Crippen LogP contribution in [0.3, 0.4) is 0 Å². The molecule has 0 aliphatic carbocycles. The molecule has 2 aromatic carbocycles. The van der Waals surface area contributed by atoms with Gasteiger partial charge >= 0.3 is 0 Å². The first kappa shape index (κ1) is 12.6. The van der Waals surface area contributed by atoms with E-state index in [0.29, 0.717) is 22.7 Å². The number of carbonyl (C=O) groups is 1. The Morgan fingerprint density at radius 1 is 1.00 bits per heavy atom. The number of rotatable bonds is 2. The van der Waals surface area contributed by atoms with Crippen molar-refractivity contribution >= 4 is 34.2 Å². The van der Waals surface area contributed by atoms with Crippen LogP contribution >= 0.6 is 0 Å². The molecule has 3 aromatic rings. The summed E-state index contributed by atoms with van der Waals surface area (Å²) in [5.74, 6) is 0.0814. The van der Waals surface area contributed by atoms with E-state index in [4.69, 9.17) is 0 Å². The van der Waals surface area contributed by atoms with E-state index in [9.17, 15) is 9.90 Å². The van der Waals surface area contributed by atoms with Crippen LogP contribution in [0, 0.1) is 0 Å². The summed E-state index contributed by atoms with van der Waals surface area (Å²) >= 11 is 0. The Balaban J connectivity index is 1.71. The Labute approximate surface area is 126 Å². The molecular weight excluding hydrogens is 276 g/mol. The van der Waals surface area contributed by atoms with Crippen LogP contribution in [-0.2, 0) is 0 Å². The number of aromatic amines is 1. The molecule has 0 spiro atoms. The van der Waals surface area contributed by atoms with Gasteiger partial charge in [-0.05, 0) is 36.4 Å². The molecule has 0 saturated carbocycles. The SMILES string of the molecule is O=C1C(C=Cc2[nH]c3ccccc3c2O)=Nc2ccccc21. The highest BCUT2D eigenvalue weighted by Gasteiger charge is 2.21. The van der Waals surface area contributed by atoms with Crippen LogP contribution in [0.2, 0.25) is 0 Å². The summed E-state index contributed by atoms with van der Waals surface area (Å²) in [4.78, 5) is 19.7. The summed E-state index contributed by atoms with van der Waals surface area (Å²) < 4.78 is 0. The van der Waals surface area contributed by atoms with E-state index in [1.807, 2.05) is 42.5 Å². The first-order chi connectivity index (χ1) is 10.7. The van der Waals surface area contributed by atoms with Gasteiger partial charge in [0, 0.05) is 16.5 Å². The second-order valence-corrected chi connectivity index (χ2v) is 5.11. The molecule has 1 aliphatic heterocycles. The van der Waals surface area contributed by atoms with Crippen LogP contribution in [0.15, 0.2) is 59.6 Å². The topological polar surface area (TPSA) is 65.5 Å². The zero-order chi connectivity index (χ0) is 15.1. The van der Waals surface area contributed by atoms with Crippen molar-refractivity contribution in [3.8, 4) is 5.75 Å². The summed E-state index contributed by atoms with van der Waals surface area (Å²) in [6, 6.07) is 14.7. The number of nitrogens with one attached hydrogen (secondary N) is 1. The largest absolute Gasteiger partial charge is 0.505 e. The number of aromatic nitrogens is 1. The monoisotopic (exact) mass is 288 g/mol. The number of benzene rings is 2. The normalized spacial score (nSPS) is 13.8. The first-order valence-electron chi connectivity index (χ1n) is 6.94. The number of nitrogens with zero attached hydrogens (tertiary/aromatic N) is 1. The maximum atomic E-state index is 12.2. The number of carbonyl (C=O) groups excluding carboxylic acids is 1. The maximum absolute atomic E-state index is 12.2. The summed E-state index contributed by atoms with van der Waals surface area (Å²) in [7, 11) is 0. The molecule has 4 rings (SSSR count). The van der Waals surface area contributed by atoms with E-state index in [1.165, 1.54) is 0 Å². The standard InChI is InChI=1S/C18H12N2O2/c21-17-11-5-1-3-7-13(11)19-15(17)9-10-16-18(22)12-6-2-4-8-14(12)20-16/h1-10,19,21H. The molecule has 0 fully saturated rings. The second kappa shape index (κ2) is 4.70. The first-order valence-corrected chi connectivity index (χ1v) is 6.94. The minimum absolute atomic E-state index is 0.0950. The third-order valence-electron chi connectivity index (χ3n) is 3.74. The molecule has 0 saturated heterocycles. The quantitative estimate of drug-likeness (QED) is 0.752. The molecule has 1 aromatic heterocycles. The Morgan fingerprint density at radius 2 is 1.77 bits per heavy atom. The predicted octanol–water partition coefficient (Wildman–Crippen LogP) is 3.86. The van der Waals surface area contributed by atoms with Gasteiger partial charge in [0.15, 0.2) is 0 Å². The fraction of sp³-hybridized carbons (Fsp3) is 0. The van der Waals surface area contributed by atoms with Crippen molar-refractivity contribution in [3.63, 3.8) is 0 Å². The van der Waals surface area contributed by atoms with Crippen LogP contribution in [-0.4, -0.2) is 21.6 Å². The van der Waals surface area contributed by atoms with E-state index in [2.05, 4.69) is 9.98 Å². The number of Topliss-reactive ketones (excluding diaryl/α,β-unsaturated/α-hetero) is 1. The van der Waals surface area contributed by atoms with E-state index < -0.39 is 0 Å². The molecule has 22 heavy (non-hydrogen) atoms. The lowest BCUT2D eigenvalue weighted by molar-refractivity contribution is 0.107. The molecule has 0 bridgehead atoms. The molecule has 0 unspecified atom stereocenters. The molecule has 0 amide bonds. The lowest BCUT2D eigenvalue weighted by Gasteiger charge is -1.92. The summed E-state index contributed by atoms with van der Waals surface area (Å²) in [5.41, 5.74) is 3.09. The number of ketones is 1. The van der Waals surface area contributed by atoms with Gasteiger partial charge in [-0.1, -0.05) is 24.3 Å². The van der Waals surface area contributed by atoms with Gasteiger partial charge in [-0.3, -0.25) is 4.79 Å². The molecule has 2 heterocycles. The van der Waals surface area contributed by atoms with Gasteiger partial charge in [0.1, 0.15) is 11.5 Å². The number of hydrogen-bond donors (Lipinski definition) is 2. The number of para-hydroxylation sites is 2. The van der Waals surface area contributed by atoms with Gasteiger partial charge in [0.2, 0.25) is 5.78 Å². The Kier molecular flexibility index (Phi) is 2.69. The second-order valence-electron chi connectivity index (χ2n) is 5.11. The number of H-pyrrole nitrogens is 1. The van der Waals surface area contributed by atoms with Crippen LogP contribution in [0.1, 0.15) is 16.1 Å². The van der Waals surface area contributed by atoms with Gasteiger partial charge in [-0.25, -0.2) is 4.99 Å². The minimum atomic E-state index is -0.0950. The van der Waals surface area contributed by atoms with Crippen LogP contribution in [0.5, 0.6) is 5.75 Å². The molecule has 2 N–H and O–H groups in total.